The average Bonchev–Trinajstić information content (AvgIpc) is 2.29. The highest BCUT2D eigenvalue weighted by molar-refractivity contribution is 7.89. The second-order valence-electron chi connectivity index (χ2n) is 4.05. The molecule has 1 aromatic rings. The van der Waals surface area contributed by atoms with E-state index in [0.717, 1.165) is 4.31 Å². The van der Waals surface area contributed by atoms with E-state index >= 15 is 0 Å². The number of benzene rings is 1. The van der Waals surface area contributed by atoms with Gasteiger partial charge in [-0.2, -0.15) is 0 Å². The summed E-state index contributed by atoms with van der Waals surface area (Å²) < 4.78 is 25.3. The summed E-state index contributed by atoms with van der Waals surface area (Å²) in [5, 5.41) is 2.79. The van der Waals surface area contributed by atoms with Gasteiger partial charge in [-0.25, -0.2) is 12.7 Å². The molecule has 0 aliphatic carbocycles. The molecule has 0 aromatic heterocycles. The van der Waals surface area contributed by atoms with Crippen LogP contribution in [0.5, 0.6) is 0 Å². The second-order valence-corrected chi connectivity index (χ2v) is 6.17. The fraction of sp³-hybridized carbons (Fsp3) is 0.364. The van der Waals surface area contributed by atoms with Crippen LogP contribution in [0, 0.1) is 0 Å². The van der Waals surface area contributed by atoms with Gasteiger partial charge in [0.05, 0.1) is 5.69 Å². The normalized spacial score (nSPS) is 13.3. The van der Waals surface area contributed by atoms with Crippen LogP contribution in [0.15, 0.2) is 29.2 Å². The molecule has 3 N–H and O–H groups in total. The van der Waals surface area contributed by atoms with Gasteiger partial charge in [-0.15, -0.1) is 0 Å². The van der Waals surface area contributed by atoms with Crippen molar-refractivity contribution in [2.24, 2.45) is 5.73 Å². The van der Waals surface area contributed by atoms with Gasteiger partial charge in [-0.05, 0) is 19.1 Å². The number of hydrogen-bond acceptors (Lipinski definition) is 4. The zero-order chi connectivity index (χ0) is 13.9. The summed E-state index contributed by atoms with van der Waals surface area (Å²) in [5.41, 5.74) is 5.50. The number of hydrogen-bond donors (Lipinski definition) is 2. The number of nitrogens with zero attached hydrogens (tertiary/aromatic N) is 1. The van der Waals surface area contributed by atoms with E-state index in [1.807, 2.05) is 0 Å². The van der Waals surface area contributed by atoms with Gasteiger partial charge in [-0.3, -0.25) is 4.79 Å². The number of anilines is 1. The van der Waals surface area contributed by atoms with E-state index in [4.69, 9.17) is 5.73 Å². The predicted octanol–water partition coefficient (Wildman–Crippen LogP) is 0.223. The molecule has 1 atom stereocenters. The van der Waals surface area contributed by atoms with Crippen LogP contribution in [0.2, 0.25) is 0 Å². The molecule has 6 nitrogen and oxygen atoms in total. The first-order valence-corrected chi connectivity index (χ1v) is 6.78. The molecular formula is C11H17N3O3S. The fourth-order valence-electron chi connectivity index (χ4n) is 1.31. The van der Waals surface area contributed by atoms with E-state index < -0.39 is 22.0 Å². The van der Waals surface area contributed by atoms with Crippen LogP contribution in [0.25, 0.3) is 0 Å². The van der Waals surface area contributed by atoms with Crippen molar-refractivity contribution < 1.29 is 13.2 Å². The monoisotopic (exact) mass is 271 g/mol. The zero-order valence-corrected chi connectivity index (χ0v) is 11.4. The number of para-hydroxylation sites is 1. The van der Waals surface area contributed by atoms with Crippen molar-refractivity contribution in [1.29, 1.82) is 0 Å². The summed E-state index contributed by atoms with van der Waals surface area (Å²) in [6.07, 6.45) is 0. The minimum absolute atomic E-state index is 0.114. The Morgan fingerprint density at radius 3 is 2.39 bits per heavy atom. The topological polar surface area (TPSA) is 92.5 Å². The van der Waals surface area contributed by atoms with Crippen molar-refractivity contribution in [2.45, 2.75) is 17.9 Å². The van der Waals surface area contributed by atoms with Crippen LogP contribution in [-0.4, -0.2) is 38.8 Å². The number of carbonyl (C=O) groups is 1. The van der Waals surface area contributed by atoms with E-state index in [2.05, 4.69) is 5.32 Å². The Balaban J connectivity index is 3.20. The molecule has 0 heterocycles. The first-order chi connectivity index (χ1) is 8.26. The molecule has 7 heteroatoms. The van der Waals surface area contributed by atoms with E-state index in [-0.39, 0.29) is 4.90 Å². The Kier molecular flexibility index (Phi) is 4.31. The molecular weight excluding hydrogens is 254 g/mol. The SMILES string of the molecule is CC(Nc1ccccc1S(=O)(=O)N(C)C)C(N)=O. The molecule has 0 spiro atoms. The van der Waals surface area contributed by atoms with E-state index in [1.54, 1.807) is 25.1 Å². The molecule has 1 aromatic carbocycles. The zero-order valence-electron chi connectivity index (χ0n) is 10.5. The number of amides is 1. The Hall–Kier alpha value is -1.60. The third-order valence-electron chi connectivity index (χ3n) is 2.44. The van der Waals surface area contributed by atoms with Gasteiger partial charge in [0.25, 0.3) is 0 Å². The summed E-state index contributed by atoms with van der Waals surface area (Å²) in [7, 11) is -0.664. The summed E-state index contributed by atoms with van der Waals surface area (Å²) in [6, 6.07) is 5.73. The molecule has 0 aliphatic heterocycles. The largest absolute Gasteiger partial charge is 0.373 e. The summed E-state index contributed by atoms with van der Waals surface area (Å²) >= 11 is 0. The lowest BCUT2D eigenvalue weighted by Gasteiger charge is -2.18. The predicted molar refractivity (Wildman–Crippen MR) is 69.6 cm³/mol. The van der Waals surface area contributed by atoms with Gasteiger partial charge in [0.15, 0.2) is 0 Å². The van der Waals surface area contributed by atoms with Gasteiger partial charge in [0.2, 0.25) is 15.9 Å². The van der Waals surface area contributed by atoms with Gasteiger partial charge in [0.1, 0.15) is 10.9 Å². The maximum absolute atomic E-state index is 12.1. The molecule has 0 radical (unpaired) electrons. The molecule has 1 amide bonds. The number of primary amides is 1. The molecule has 0 aliphatic rings. The van der Waals surface area contributed by atoms with Crippen molar-refractivity contribution >= 4 is 21.6 Å². The number of carbonyl (C=O) groups excluding carboxylic acids is 1. The van der Waals surface area contributed by atoms with Crippen molar-refractivity contribution in [3.8, 4) is 0 Å². The summed E-state index contributed by atoms with van der Waals surface area (Å²) in [6.45, 7) is 1.57. The van der Waals surface area contributed by atoms with E-state index in [0.29, 0.717) is 5.69 Å². The number of sulfonamides is 1. The maximum Gasteiger partial charge on any atom is 0.244 e. The highest BCUT2D eigenvalue weighted by Crippen LogP contribution is 2.23. The smallest absolute Gasteiger partial charge is 0.244 e. The van der Waals surface area contributed by atoms with Gasteiger partial charge < -0.3 is 11.1 Å². The van der Waals surface area contributed by atoms with Gasteiger partial charge in [-0.1, -0.05) is 12.1 Å². The lowest BCUT2D eigenvalue weighted by Crippen LogP contribution is -2.33. The molecule has 0 saturated heterocycles. The van der Waals surface area contributed by atoms with Gasteiger partial charge >= 0.3 is 0 Å². The number of rotatable bonds is 5. The Morgan fingerprint density at radius 2 is 1.89 bits per heavy atom. The first-order valence-electron chi connectivity index (χ1n) is 5.34. The van der Waals surface area contributed by atoms with Crippen LogP contribution < -0.4 is 11.1 Å². The van der Waals surface area contributed by atoms with Crippen LogP contribution in [0.3, 0.4) is 0 Å². The lowest BCUT2D eigenvalue weighted by molar-refractivity contribution is -0.118. The van der Waals surface area contributed by atoms with Crippen LogP contribution in [0.4, 0.5) is 5.69 Å². The minimum atomic E-state index is -3.56. The van der Waals surface area contributed by atoms with E-state index in [1.165, 1.54) is 20.2 Å². The molecule has 1 rings (SSSR count). The Labute approximate surface area is 107 Å². The van der Waals surface area contributed by atoms with Crippen LogP contribution in [0.1, 0.15) is 6.92 Å². The summed E-state index contributed by atoms with van der Waals surface area (Å²) in [5.74, 6) is -0.549. The quantitative estimate of drug-likeness (QED) is 0.801. The van der Waals surface area contributed by atoms with Crippen LogP contribution >= 0.6 is 0 Å². The molecule has 0 fully saturated rings. The molecule has 0 saturated carbocycles. The standard InChI is InChI=1S/C11H17N3O3S/c1-8(11(12)15)13-9-6-4-5-7-10(9)18(16,17)14(2)3/h4-8,13H,1-3H3,(H2,12,15). The second kappa shape index (κ2) is 5.36. The maximum atomic E-state index is 12.1. The highest BCUT2D eigenvalue weighted by atomic mass is 32.2. The highest BCUT2D eigenvalue weighted by Gasteiger charge is 2.22. The third kappa shape index (κ3) is 2.99. The first kappa shape index (κ1) is 14.5. The lowest BCUT2D eigenvalue weighted by atomic mass is 10.2. The average molecular weight is 271 g/mol. The number of nitrogens with two attached hydrogens (primary N) is 1. The fourth-order valence-corrected chi connectivity index (χ4v) is 2.36. The van der Waals surface area contributed by atoms with Crippen molar-refractivity contribution in [3.63, 3.8) is 0 Å². The van der Waals surface area contributed by atoms with E-state index in [9.17, 15) is 13.2 Å². The summed E-state index contributed by atoms with van der Waals surface area (Å²) in [4.78, 5) is 11.1. The molecule has 0 bridgehead atoms. The third-order valence-corrected chi connectivity index (χ3v) is 4.32. The van der Waals surface area contributed by atoms with Crippen molar-refractivity contribution in [3.05, 3.63) is 24.3 Å². The Bertz CT molecular complexity index is 540. The Morgan fingerprint density at radius 1 is 1.33 bits per heavy atom. The van der Waals surface area contributed by atoms with Gasteiger partial charge in [0, 0.05) is 14.1 Å². The number of nitrogens with one attached hydrogen (secondary N) is 1. The molecule has 18 heavy (non-hydrogen) atoms. The molecule has 100 valence electrons. The van der Waals surface area contributed by atoms with Crippen molar-refractivity contribution in [1.82, 2.24) is 4.31 Å². The molecule has 1 unspecified atom stereocenters. The minimum Gasteiger partial charge on any atom is -0.373 e. The van der Waals surface area contributed by atoms with Crippen LogP contribution in [-0.2, 0) is 14.8 Å². The van der Waals surface area contributed by atoms with Crippen molar-refractivity contribution in [2.75, 3.05) is 19.4 Å².